The number of hydrogen-bond acceptors (Lipinski definition) is 4. The average Bonchev–Trinajstić information content (AvgIpc) is 2.18. The van der Waals surface area contributed by atoms with Crippen molar-refractivity contribution in [1.29, 1.82) is 0 Å². The Labute approximate surface area is 93.6 Å². The summed E-state index contributed by atoms with van der Waals surface area (Å²) < 4.78 is 23.0. The summed E-state index contributed by atoms with van der Waals surface area (Å²) in [6.07, 6.45) is 0. The smallest absolute Gasteiger partial charge is 0.180 e. The van der Waals surface area contributed by atoms with Crippen LogP contribution in [0.4, 0.5) is 0 Å². The lowest BCUT2D eigenvalue weighted by atomic mass is 10.2. The van der Waals surface area contributed by atoms with Crippen molar-refractivity contribution >= 4 is 27.0 Å². The topological polar surface area (TPSA) is 80.4 Å². The monoisotopic (exact) mass is 245 g/mol. The summed E-state index contributed by atoms with van der Waals surface area (Å²) in [6, 6.07) is 5.96. The van der Waals surface area contributed by atoms with Gasteiger partial charge in [-0.1, -0.05) is 24.4 Å². The van der Waals surface area contributed by atoms with E-state index < -0.39 is 9.84 Å². The number of benzene rings is 1. The number of aliphatic hydroxyl groups excluding tert-OH is 1. The minimum atomic E-state index is -3.39. The summed E-state index contributed by atoms with van der Waals surface area (Å²) in [5.41, 5.74) is 5.99. The first-order valence-electron chi connectivity index (χ1n) is 4.21. The fourth-order valence-corrected chi connectivity index (χ4v) is 2.23. The third-order valence-corrected chi connectivity index (χ3v) is 3.80. The van der Waals surface area contributed by atoms with Gasteiger partial charge in [-0.2, -0.15) is 0 Å². The van der Waals surface area contributed by atoms with Gasteiger partial charge in [-0.3, -0.25) is 0 Å². The summed E-state index contributed by atoms with van der Waals surface area (Å²) in [5, 5.41) is 8.59. The van der Waals surface area contributed by atoms with Gasteiger partial charge in [0.1, 0.15) is 4.99 Å². The maximum Gasteiger partial charge on any atom is 0.180 e. The van der Waals surface area contributed by atoms with Gasteiger partial charge in [0.2, 0.25) is 0 Å². The predicted octanol–water partition coefficient (Wildman–Crippen LogP) is 0.0868. The lowest BCUT2D eigenvalue weighted by Crippen LogP contribution is -2.12. The molecule has 0 aliphatic carbocycles. The van der Waals surface area contributed by atoms with Crippen LogP contribution >= 0.6 is 12.2 Å². The molecule has 0 atom stereocenters. The molecule has 0 aromatic heterocycles. The third-order valence-electron chi connectivity index (χ3n) is 1.86. The highest BCUT2D eigenvalue weighted by Gasteiger charge is 2.13. The molecule has 1 aromatic rings. The molecule has 0 heterocycles. The van der Waals surface area contributed by atoms with Crippen LogP contribution in [0.5, 0.6) is 0 Å². The second-order valence-corrected chi connectivity index (χ2v) is 5.48. The van der Waals surface area contributed by atoms with Crippen LogP contribution in [-0.4, -0.2) is 30.9 Å². The molecule has 0 unspecified atom stereocenters. The molecule has 4 nitrogen and oxygen atoms in total. The highest BCUT2D eigenvalue weighted by Crippen LogP contribution is 2.12. The molecule has 0 bridgehead atoms. The zero-order valence-electron chi connectivity index (χ0n) is 7.88. The van der Waals surface area contributed by atoms with Crippen LogP contribution < -0.4 is 5.73 Å². The van der Waals surface area contributed by atoms with Crippen LogP contribution in [0.1, 0.15) is 5.56 Å². The van der Waals surface area contributed by atoms with Crippen LogP contribution in [0.15, 0.2) is 29.2 Å². The number of aliphatic hydroxyl groups is 1. The lowest BCUT2D eigenvalue weighted by molar-refractivity contribution is 0.319. The summed E-state index contributed by atoms with van der Waals surface area (Å²) in [5.74, 6) is -0.278. The van der Waals surface area contributed by atoms with Crippen molar-refractivity contribution in [3.8, 4) is 0 Å². The first-order chi connectivity index (χ1) is 6.97. The number of rotatable bonds is 4. The van der Waals surface area contributed by atoms with E-state index in [2.05, 4.69) is 0 Å². The minimum absolute atomic E-state index is 0.163. The summed E-state index contributed by atoms with van der Waals surface area (Å²) >= 11 is 4.74. The molecular weight excluding hydrogens is 234 g/mol. The Bertz CT molecular complexity index is 451. The molecule has 1 aromatic carbocycles. The highest BCUT2D eigenvalue weighted by molar-refractivity contribution is 7.91. The summed E-state index contributed by atoms with van der Waals surface area (Å²) in [6.45, 7) is -0.389. The fourth-order valence-electron chi connectivity index (χ4n) is 1.06. The average molecular weight is 245 g/mol. The second kappa shape index (κ2) is 4.69. The molecular formula is C9H11NO3S2. The quantitative estimate of drug-likeness (QED) is 0.735. The Morgan fingerprint density at radius 3 is 2.27 bits per heavy atom. The van der Waals surface area contributed by atoms with Gasteiger partial charge in [-0.15, -0.1) is 0 Å². The van der Waals surface area contributed by atoms with E-state index in [-0.39, 0.29) is 22.2 Å². The van der Waals surface area contributed by atoms with Crippen LogP contribution in [0, 0.1) is 0 Å². The molecule has 82 valence electrons. The molecule has 3 N–H and O–H groups in total. The maximum atomic E-state index is 11.5. The zero-order chi connectivity index (χ0) is 11.5. The van der Waals surface area contributed by atoms with E-state index in [4.69, 9.17) is 23.1 Å². The van der Waals surface area contributed by atoms with Crippen molar-refractivity contribution in [1.82, 2.24) is 0 Å². The van der Waals surface area contributed by atoms with E-state index >= 15 is 0 Å². The van der Waals surface area contributed by atoms with Crippen molar-refractivity contribution in [2.45, 2.75) is 4.90 Å². The Kier molecular flexibility index (Phi) is 3.78. The molecule has 15 heavy (non-hydrogen) atoms. The first kappa shape index (κ1) is 12.1. The molecule has 0 saturated carbocycles. The molecule has 0 radical (unpaired) electrons. The van der Waals surface area contributed by atoms with Gasteiger partial charge >= 0.3 is 0 Å². The van der Waals surface area contributed by atoms with Crippen molar-refractivity contribution in [3.05, 3.63) is 29.8 Å². The van der Waals surface area contributed by atoms with E-state index in [1.807, 2.05) is 0 Å². The number of sulfone groups is 1. The van der Waals surface area contributed by atoms with E-state index in [1.54, 1.807) is 12.1 Å². The first-order valence-corrected chi connectivity index (χ1v) is 6.27. The van der Waals surface area contributed by atoms with Gasteiger partial charge < -0.3 is 10.8 Å². The molecule has 6 heteroatoms. The third kappa shape index (κ3) is 2.98. The molecule has 0 spiro atoms. The van der Waals surface area contributed by atoms with E-state index in [9.17, 15) is 8.42 Å². The van der Waals surface area contributed by atoms with Crippen LogP contribution in [-0.2, 0) is 9.84 Å². The van der Waals surface area contributed by atoms with Gasteiger partial charge in [-0.05, 0) is 12.1 Å². The van der Waals surface area contributed by atoms with Crippen molar-refractivity contribution in [2.75, 3.05) is 12.4 Å². The highest BCUT2D eigenvalue weighted by atomic mass is 32.2. The zero-order valence-corrected chi connectivity index (χ0v) is 9.51. The predicted molar refractivity (Wildman–Crippen MR) is 61.5 cm³/mol. The SMILES string of the molecule is NC(=S)c1ccc(S(=O)(=O)CCO)cc1. The molecule has 1 rings (SSSR count). The molecule has 0 aliphatic heterocycles. The number of thiocarbonyl (C=S) groups is 1. The maximum absolute atomic E-state index is 11.5. The Morgan fingerprint density at radius 1 is 1.33 bits per heavy atom. The lowest BCUT2D eigenvalue weighted by Gasteiger charge is -2.03. The molecule has 0 amide bonds. The normalized spacial score (nSPS) is 11.3. The number of hydrogen-bond donors (Lipinski definition) is 2. The van der Waals surface area contributed by atoms with Crippen LogP contribution in [0.25, 0.3) is 0 Å². The Morgan fingerprint density at radius 2 is 1.87 bits per heavy atom. The van der Waals surface area contributed by atoms with Gasteiger partial charge in [0.25, 0.3) is 0 Å². The van der Waals surface area contributed by atoms with Gasteiger partial charge in [0, 0.05) is 5.56 Å². The summed E-state index contributed by atoms with van der Waals surface area (Å²) in [7, 11) is -3.39. The largest absolute Gasteiger partial charge is 0.395 e. The van der Waals surface area contributed by atoms with Crippen LogP contribution in [0.2, 0.25) is 0 Å². The van der Waals surface area contributed by atoms with E-state index in [0.29, 0.717) is 5.56 Å². The standard InChI is InChI=1S/C9H11NO3S2/c10-9(14)7-1-3-8(4-2-7)15(12,13)6-5-11/h1-4,11H,5-6H2,(H2,10,14). The van der Waals surface area contributed by atoms with Gasteiger partial charge in [0.05, 0.1) is 17.3 Å². The number of nitrogens with two attached hydrogens (primary N) is 1. The molecule has 0 saturated heterocycles. The summed E-state index contributed by atoms with van der Waals surface area (Å²) in [4.78, 5) is 0.387. The second-order valence-electron chi connectivity index (χ2n) is 2.93. The minimum Gasteiger partial charge on any atom is -0.395 e. The molecule has 0 aliphatic rings. The van der Waals surface area contributed by atoms with Crippen LogP contribution in [0.3, 0.4) is 0 Å². The Balaban J connectivity index is 3.04. The van der Waals surface area contributed by atoms with Gasteiger partial charge in [0.15, 0.2) is 9.84 Å². The fraction of sp³-hybridized carbons (Fsp3) is 0.222. The van der Waals surface area contributed by atoms with E-state index in [0.717, 1.165) is 0 Å². The van der Waals surface area contributed by atoms with Crippen molar-refractivity contribution in [3.63, 3.8) is 0 Å². The van der Waals surface area contributed by atoms with Gasteiger partial charge in [-0.25, -0.2) is 8.42 Å². The van der Waals surface area contributed by atoms with Crippen molar-refractivity contribution < 1.29 is 13.5 Å². The molecule has 0 fully saturated rings. The van der Waals surface area contributed by atoms with Crippen molar-refractivity contribution in [2.24, 2.45) is 5.73 Å². The van der Waals surface area contributed by atoms with E-state index in [1.165, 1.54) is 12.1 Å². The Hall–Kier alpha value is -0.980.